The lowest BCUT2D eigenvalue weighted by molar-refractivity contribution is 0.286. The summed E-state index contributed by atoms with van der Waals surface area (Å²) in [7, 11) is 0.547. The largest absolute Gasteiger partial charge is 0.496 e. The molecule has 1 heterocycles. The van der Waals surface area contributed by atoms with Gasteiger partial charge < -0.3 is 4.74 Å². The third-order valence-corrected chi connectivity index (χ3v) is 6.21. The van der Waals surface area contributed by atoms with Crippen molar-refractivity contribution < 1.29 is 8.95 Å². The Labute approximate surface area is 152 Å². The van der Waals surface area contributed by atoms with E-state index in [4.69, 9.17) is 4.74 Å². The van der Waals surface area contributed by atoms with Crippen molar-refractivity contribution in [3.05, 3.63) is 53.1 Å². The Hall–Kier alpha value is -1.36. The fourth-order valence-corrected chi connectivity index (χ4v) is 4.75. The summed E-state index contributed by atoms with van der Waals surface area (Å²) >= 11 is 0. The molecule has 0 amide bonds. The van der Waals surface area contributed by atoms with E-state index in [9.17, 15) is 4.21 Å². The first-order valence-electron chi connectivity index (χ1n) is 8.10. The van der Waals surface area contributed by atoms with Gasteiger partial charge in [0.15, 0.2) is 0 Å². The Morgan fingerprint density at radius 3 is 2.46 bits per heavy atom. The van der Waals surface area contributed by atoms with E-state index >= 15 is 0 Å². The summed E-state index contributed by atoms with van der Waals surface area (Å²) in [6.45, 7) is 7.00. The molecule has 2 aromatic rings. The van der Waals surface area contributed by atoms with Crippen LogP contribution >= 0.6 is 12.4 Å². The van der Waals surface area contributed by atoms with Crippen LogP contribution in [0.3, 0.4) is 0 Å². The maximum atomic E-state index is 13.2. The van der Waals surface area contributed by atoms with Gasteiger partial charge in [-0.2, -0.15) is 0 Å². The van der Waals surface area contributed by atoms with Crippen LogP contribution in [0, 0.1) is 0 Å². The van der Waals surface area contributed by atoms with Gasteiger partial charge in [-0.25, -0.2) is 4.21 Å². The highest BCUT2D eigenvalue weighted by Gasteiger charge is 2.27. The van der Waals surface area contributed by atoms with Gasteiger partial charge in [0.2, 0.25) is 0 Å². The number of hydrogen-bond acceptors (Lipinski definition) is 3. The van der Waals surface area contributed by atoms with Gasteiger partial charge in [0.25, 0.3) is 0 Å². The number of nitrogens with zero attached hydrogens (tertiary/aromatic N) is 1. The molecule has 3 rings (SSSR count). The van der Waals surface area contributed by atoms with Crippen molar-refractivity contribution in [2.24, 2.45) is 0 Å². The summed E-state index contributed by atoms with van der Waals surface area (Å²) in [4.78, 5) is 4.22. The first kappa shape index (κ1) is 19.0. The Morgan fingerprint density at radius 2 is 1.79 bits per heavy atom. The molecule has 2 aromatic carbocycles. The lowest BCUT2D eigenvalue weighted by Crippen LogP contribution is -2.24. The number of benzene rings is 2. The number of fused-ring (bicyclic) bond motifs is 2. The van der Waals surface area contributed by atoms with E-state index < -0.39 is 10.8 Å². The van der Waals surface area contributed by atoms with Crippen LogP contribution in [0.2, 0.25) is 0 Å². The molecule has 0 radical (unpaired) electrons. The molecule has 1 atom stereocenters. The fraction of sp³-hybridized carbons (Fsp3) is 0.368. The lowest BCUT2D eigenvalue weighted by Gasteiger charge is -2.26. The van der Waals surface area contributed by atoms with Crippen LogP contribution in [-0.4, -0.2) is 29.3 Å². The van der Waals surface area contributed by atoms with E-state index in [2.05, 4.69) is 30.9 Å². The van der Waals surface area contributed by atoms with Crippen molar-refractivity contribution in [2.45, 2.75) is 36.6 Å². The molecule has 1 unspecified atom stereocenters. The minimum atomic E-state index is -1.14. The first-order valence-corrected chi connectivity index (χ1v) is 9.25. The molecule has 5 heteroatoms. The third kappa shape index (κ3) is 3.37. The van der Waals surface area contributed by atoms with Crippen LogP contribution < -0.4 is 4.74 Å². The minimum absolute atomic E-state index is 0. The molecule has 0 spiro atoms. The van der Waals surface area contributed by atoms with Crippen molar-refractivity contribution in [3.63, 3.8) is 0 Å². The van der Waals surface area contributed by atoms with E-state index in [1.807, 2.05) is 24.3 Å². The summed E-state index contributed by atoms with van der Waals surface area (Å²) in [5.74, 6) is 0.836. The maximum absolute atomic E-state index is 13.2. The Balaban J connectivity index is 0.00000208. The Morgan fingerprint density at radius 1 is 1.08 bits per heavy atom. The minimum Gasteiger partial charge on any atom is -0.496 e. The zero-order chi connectivity index (χ0) is 16.4. The zero-order valence-electron chi connectivity index (χ0n) is 14.4. The first-order chi connectivity index (χ1) is 11.2. The monoisotopic (exact) mass is 365 g/mol. The number of hydrogen-bond donors (Lipinski definition) is 0. The van der Waals surface area contributed by atoms with E-state index in [1.165, 1.54) is 0 Å². The maximum Gasteiger partial charge on any atom is 0.124 e. The van der Waals surface area contributed by atoms with Crippen LogP contribution in [0.5, 0.6) is 5.75 Å². The van der Waals surface area contributed by atoms with Gasteiger partial charge in [0.1, 0.15) is 5.75 Å². The average Bonchev–Trinajstić information content (AvgIpc) is 2.59. The molecule has 0 aromatic heterocycles. The number of rotatable bonds is 5. The molecule has 1 aliphatic rings. The lowest BCUT2D eigenvalue weighted by atomic mass is 10.0. The summed E-state index contributed by atoms with van der Waals surface area (Å²) in [5.41, 5.74) is 3.39. The topological polar surface area (TPSA) is 29.5 Å². The van der Waals surface area contributed by atoms with Crippen LogP contribution in [0.4, 0.5) is 0 Å². The summed E-state index contributed by atoms with van der Waals surface area (Å²) in [6.07, 6.45) is 0.840. The van der Waals surface area contributed by atoms with Gasteiger partial charge in [-0.3, -0.25) is 4.90 Å². The van der Waals surface area contributed by atoms with Gasteiger partial charge in [0.05, 0.1) is 22.8 Å². The molecule has 130 valence electrons. The SMILES string of the molecule is CCN(CC)Cc1c(OC)ccc2c1S(=O)c1ccccc1C2.Cl. The Kier molecular flexibility index (Phi) is 6.44. The van der Waals surface area contributed by atoms with E-state index in [1.54, 1.807) is 7.11 Å². The molecule has 0 saturated carbocycles. The van der Waals surface area contributed by atoms with Crippen molar-refractivity contribution in [3.8, 4) is 5.75 Å². The van der Waals surface area contributed by atoms with Crippen LogP contribution in [0.25, 0.3) is 0 Å². The van der Waals surface area contributed by atoms with E-state index in [-0.39, 0.29) is 12.4 Å². The van der Waals surface area contributed by atoms with Gasteiger partial charge in [0, 0.05) is 17.0 Å². The Bertz CT molecular complexity index is 744. The summed E-state index contributed by atoms with van der Waals surface area (Å²) in [5, 5.41) is 0. The molecule has 0 N–H and O–H groups in total. The number of ether oxygens (including phenoxy) is 1. The third-order valence-electron chi connectivity index (χ3n) is 4.53. The van der Waals surface area contributed by atoms with Crippen LogP contribution in [0.15, 0.2) is 46.2 Å². The normalized spacial score (nSPS) is 15.4. The molecule has 0 bridgehead atoms. The second-order valence-corrected chi connectivity index (χ2v) is 7.13. The van der Waals surface area contributed by atoms with Crippen molar-refractivity contribution in [2.75, 3.05) is 20.2 Å². The highest BCUT2D eigenvalue weighted by atomic mass is 35.5. The molecular formula is C19H24ClNO2S. The zero-order valence-corrected chi connectivity index (χ0v) is 16.0. The predicted molar refractivity (Wildman–Crippen MR) is 101 cm³/mol. The van der Waals surface area contributed by atoms with Gasteiger partial charge in [-0.1, -0.05) is 38.1 Å². The van der Waals surface area contributed by atoms with Crippen molar-refractivity contribution in [1.29, 1.82) is 0 Å². The number of halogens is 1. The van der Waals surface area contributed by atoms with Crippen molar-refractivity contribution >= 4 is 23.2 Å². The summed E-state index contributed by atoms with van der Waals surface area (Å²) in [6, 6.07) is 12.1. The predicted octanol–water partition coefficient (Wildman–Crippen LogP) is 4.03. The van der Waals surface area contributed by atoms with Crippen LogP contribution in [0.1, 0.15) is 30.5 Å². The molecule has 3 nitrogen and oxygen atoms in total. The van der Waals surface area contributed by atoms with E-state index in [0.717, 1.165) is 58.3 Å². The quantitative estimate of drug-likeness (QED) is 0.683. The second kappa shape index (κ2) is 8.15. The molecule has 0 aliphatic carbocycles. The molecule has 1 aliphatic heterocycles. The molecule has 0 saturated heterocycles. The van der Waals surface area contributed by atoms with Crippen LogP contribution in [-0.2, 0) is 23.8 Å². The molecule has 24 heavy (non-hydrogen) atoms. The molecule has 0 fully saturated rings. The van der Waals surface area contributed by atoms with Gasteiger partial charge in [-0.05, 0) is 42.8 Å². The highest BCUT2D eigenvalue weighted by Crippen LogP contribution is 2.38. The average molecular weight is 366 g/mol. The second-order valence-electron chi connectivity index (χ2n) is 5.75. The number of methoxy groups -OCH3 is 1. The fourth-order valence-electron chi connectivity index (χ4n) is 3.19. The van der Waals surface area contributed by atoms with E-state index in [0.29, 0.717) is 0 Å². The highest BCUT2D eigenvalue weighted by molar-refractivity contribution is 7.85. The van der Waals surface area contributed by atoms with Crippen molar-refractivity contribution in [1.82, 2.24) is 4.90 Å². The van der Waals surface area contributed by atoms with Gasteiger partial charge in [-0.15, -0.1) is 12.4 Å². The summed E-state index contributed by atoms with van der Waals surface area (Å²) < 4.78 is 18.8. The smallest absolute Gasteiger partial charge is 0.124 e. The van der Waals surface area contributed by atoms with Gasteiger partial charge >= 0.3 is 0 Å². The molecular weight excluding hydrogens is 342 g/mol. The standard InChI is InChI=1S/C19H23NO2S.ClH/c1-4-20(5-2)13-16-17(22-3)11-10-15-12-14-8-6-7-9-18(14)23(21)19(15)16;/h6-11H,4-5,12-13H2,1-3H3;1H.